The molecule has 4 N–H and O–H groups in total. The summed E-state index contributed by atoms with van der Waals surface area (Å²) in [5.41, 5.74) is 6.66. The van der Waals surface area contributed by atoms with Crippen LogP contribution in [-0.2, 0) is 9.53 Å². The summed E-state index contributed by atoms with van der Waals surface area (Å²) >= 11 is 4.90. The molecule has 1 aromatic carbocycles. The summed E-state index contributed by atoms with van der Waals surface area (Å²) in [5, 5.41) is 5.57. The van der Waals surface area contributed by atoms with Gasteiger partial charge in [-0.2, -0.15) is 0 Å². The van der Waals surface area contributed by atoms with Crippen molar-refractivity contribution in [2.45, 2.75) is 20.0 Å². The van der Waals surface area contributed by atoms with Crippen molar-refractivity contribution >= 4 is 75.0 Å². The minimum atomic E-state index is -0.467. The number of amides is 3. The van der Waals surface area contributed by atoms with Crippen LogP contribution in [-0.4, -0.2) is 48.7 Å². The van der Waals surface area contributed by atoms with Crippen LogP contribution in [0, 0.1) is 2.88 Å². The third-order valence-corrected chi connectivity index (χ3v) is 6.57. The van der Waals surface area contributed by atoms with E-state index in [1.54, 1.807) is 30.3 Å². The van der Waals surface area contributed by atoms with Crippen molar-refractivity contribution in [1.29, 1.82) is 0 Å². The van der Waals surface area contributed by atoms with E-state index in [0.717, 1.165) is 2.88 Å². The number of rotatable bonds is 8. The minimum Gasteiger partial charge on any atom is -0.442 e. The number of nitrogens with zero attached hydrogens (tertiary/aromatic N) is 1. The lowest BCUT2D eigenvalue weighted by Crippen LogP contribution is -2.34. The van der Waals surface area contributed by atoms with Crippen LogP contribution in [0.2, 0.25) is 0 Å². The highest BCUT2D eigenvalue weighted by Gasteiger charge is 2.32. The van der Waals surface area contributed by atoms with Crippen LogP contribution in [0.5, 0.6) is 0 Å². The zero-order valence-electron chi connectivity index (χ0n) is 17.2. The maximum atomic E-state index is 12.2. The molecule has 0 bridgehead atoms. The van der Waals surface area contributed by atoms with Gasteiger partial charge in [-0.05, 0) is 59.0 Å². The van der Waals surface area contributed by atoms with E-state index < -0.39 is 12.2 Å². The predicted molar refractivity (Wildman–Crippen MR) is 135 cm³/mol. The van der Waals surface area contributed by atoms with Crippen molar-refractivity contribution in [3.63, 3.8) is 0 Å². The van der Waals surface area contributed by atoms with Crippen LogP contribution in [0.25, 0.3) is 0 Å². The first-order chi connectivity index (χ1) is 15.0. The molecule has 0 saturated carbocycles. The first kappa shape index (κ1) is 25.4. The van der Waals surface area contributed by atoms with Gasteiger partial charge in [0.1, 0.15) is 6.10 Å². The van der Waals surface area contributed by atoms with Crippen LogP contribution in [0.15, 0.2) is 36.4 Å². The van der Waals surface area contributed by atoms with Crippen molar-refractivity contribution < 1.29 is 19.1 Å². The molecule has 11 heteroatoms. The van der Waals surface area contributed by atoms with Crippen LogP contribution < -0.4 is 21.3 Å². The molecule has 2 aromatic rings. The Labute approximate surface area is 203 Å². The Morgan fingerprint density at radius 3 is 2.58 bits per heavy atom. The van der Waals surface area contributed by atoms with E-state index in [9.17, 15) is 14.4 Å². The largest absolute Gasteiger partial charge is 0.442 e. The zero-order chi connectivity index (χ0) is 22.8. The number of thioether (sulfide) groups is 1. The molecule has 1 aliphatic heterocycles. The SMILES string of the molecule is CC.NCSCC(=O)Nc1ccc(N2CC(CNC(=O)c3ccc(I)s3)OC2=O)cc1. The number of carbonyl (C=O) groups excluding carboxylic acids is 3. The lowest BCUT2D eigenvalue weighted by molar-refractivity contribution is -0.113. The van der Waals surface area contributed by atoms with E-state index in [0.29, 0.717) is 28.7 Å². The van der Waals surface area contributed by atoms with Crippen molar-refractivity contribution in [2.24, 2.45) is 5.73 Å². The van der Waals surface area contributed by atoms with Gasteiger partial charge in [-0.3, -0.25) is 14.5 Å². The molecular formula is C20H25IN4O4S2. The van der Waals surface area contributed by atoms with Gasteiger partial charge in [0.2, 0.25) is 5.91 Å². The smallest absolute Gasteiger partial charge is 0.414 e. The molecule has 0 spiro atoms. The van der Waals surface area contributed by atoms with Crippen LogP contribution in [0.4, 0.5) is 16.2 Å². The Bertz CT molecular complexity index is 892. The number of nitrogens with two attached hydrogens (primary N) is 1. The molecule has 3 amide bonds. The Morgan fingerprint density at radius 2 is 1.97 bits per heavy atom. The standard InChI is InChI=1S/C18H19IN4O4S2.C2H6/c19-15-6-5-14(29-15)17(25)21-7-13-8-23(18(26)27-13)12-3-1-11(2-4-12)22-16(24)9-28-10-20;1-2/h1-6,13H,7-10,20H2,(H,21,25)(H,22,24);1-2H3. The van der Waals surface area contributed by atoms with Gasteiger partial charge in [0.05, 0.1) is 26.6 Å². The third-order valence-electron chi connectivity index (χ3n) is 3.98. The molecule has 168 valence electrons. The van der Waals surface area contributed by atoms with E-state index >= 15 is 0 Å². The molecule has 2 heterocycles. The van der Waals surface area contributed by atoms with Gasteiger partial charge in [0, 0.05) is 17.3 Å². The second kappa shape index (κ2) is 12.9. The minimum absolute atomic E-state index is 0.134. The lowest BCUT2D eigenvalue weighted by Gasteiger charge is -2.14. The third kappa shape index (κ3) is 7.66. The maximum absolute atomic E-state index is 12.2. The number of hydrogen-bond donors (Lipinski definition) is 3. The summed E-state index contributed by atoms with van der Waals surface area (Å²) in [6.45, 7) is 4.57. The normalized spacial score (nSPS) is 15.0. The fourth-order valence-electron chi connectivity index (χ4n) is 2.64. The van der Waals surface area contributed by atoms with E-state index in [2.05, 4.69) is 33.2 Å². The van der Waals surface area contributed by atoms with Gasteiger partial charge in [-0.1, -0.05) is 13.8 Å². The molecule has 8 nitrogen and oxygen atoms in total. The number of thiophene rings is 1. The maximum Gasteiger partial charge on any atom is 0.414 e. The number of carbonyl (C=O) groups is 3. The Hall–Kier alpha value is -1.83. The number of anilines is 2. The molecule has 31 heavy (non-hydrogen) atoms. The fraction of sp³-hybridized carbons (Fsp3) is 0.350. The Balaban J connectivity index is 0.00000166. The Morgan fingerprint density at radius 1 is 1.26 bits per heavy atom. The zero-order valence-corrected chi connectivity index (χ0v) is 21.0. The highest BCUT2D eigenvalue weighted by atomic mass is 127. The molecule has 1 aliphatic rings. The van der Waals surface area contributed by atoms with Crippen LogP contribution in [0.3, 0.4) is 0 Å². The van der Waals surface area contributed by atoms with Gasteiger partial charge in [0.25, 0.3) is 5.91 Å². The molecule has 0 radical (unpaired) electrons. The van der Waals surface area contributed by atoms with Crippen molar-refractivity contribution in [2.75, 3.05) is 34.9 Å². The van der Waals surface area contributed by atoms with Crippen LogP contribution in [0.1, 0.15) is 23.5 Å². The number of cyclic esters (lactones) is 1. The molecule has 1 unspecified atom stereocenters. The topological polar surface area (TPSA) is 114 Å². The summed E-state index contributed by atoms with van der Waals surface area (Å²) in [4.78, 5) is 38.2. The number of hydrogen-bond acceptors (Lipinski definition) is 7. The van der Waals surface area contributed by atoms with Gasteiger partial charge < -0.3 is 21.1 Å². The molecule has 3 rings (SSSR count). The quantitative estimate of drug-likeness (QED) is 0.326. The highest BCUT2D eigenvalue weighted by Crippen LogP contribution is 2.24. The highest BCUT2D eigenvalue weighted by molar-refractivity contribution is 14.1. The fourth-order valence-corrected chi connectivity index (χ4v) is 4.56. The van der Waals surface area contributed by atoms with E-state index in [4.69, 9.17) is 10.5 Å². The predicted octanol–water partition coefficient (Wildman–Crippen LogP) is 3.72. The van der Waals surface area contributed by atoms with Gasteiger partial charge in [-0.25, -0.2) is 4.79 Å². The average molecular weight is 576 g/mol. The summed E-state index contributed by atoms with van der Waals surface area (Å²) < 4.78 is 6.38. The molecule has 1 aromatic heterocycles. The van der Waals surface area contributed by atoms with Crippen molar-refractivity contribution in [3.05, 3.63) is 44.2 Å². The number of halogens is 1. The average Bonchev–Trinajstić information content (AvgIpc) is 3.38. The summed E-state index contributed by atoms with van der Waals surface area (Å²) in [7, 11) is 0. The van der Waals surface area contributed by atoms with Crippen molar-refractivity contribution in [1.82, 2.24) is 5.32 Å². The van der Waals surface area contributed by atoms with E-state index in [1.807, 2.05) is 19.9 Å². The van der Waals surface area contributed by atoms with Gasteiger partial charge >= 0.3 is 6.09 Å². The monoisotopic (exact) mass is 576 g/mol. The first-order valence-corrected chi connectivity index (χ1v) is 12.7. The first-order valence-electron chi connectivity index (χ1n) is 9.65. The molecule has 0 aliphatic carbocycles. The van der Waals surface area contributed by atoms with E-state index in [-0.39, 0.29) is 24.1 Å². The number of ether oxygens (including phenoxy) is 1. The molecule has 1 saturated heterocycles. The second-order valence-corrected chi connectivity index (χ2v) is 10.0. The Kier molecular flexibility index (Phi) is 10.6. The summed E-state index contributed by atoms with van der Waals surface area (Å²) in [6.07, 6.45) is -0.899. The lowest BCUT2D eigenvalue weighted by atomic mass is 10.2. The van der Waals surface area contributed by atoms with Gasteiger partial charge in [-0.15, -0.1) is 23.1 Å². The molecule has 1 fully saturated rings. The van der Waals surface area contributed by atoms with Crippen molar-refractivity contribution in [3.8, 4) is 0 Å². The molecular weight excluding hydrogens is 551 g/mol. The number of nitrogens with one attached hydrogen (secondary N) is 2. The molecule has 1 atom stereocenters. The van der Waals surface area contributed by atoms with Crippen LogP contribution >= 0.6 is 45.7 Å². The summed E-state index contributed by atoms with van der Waals surface area (Å²) in [6, 6.07) is 10.6. The van der Waals surface area contributed by atoms with Gasteiger partial charge in [0.15, 0.2) is 0 Å². The van der Waals surface area contributed by atoms with E-state index in [1.165, 1.54) is 28.0 Å². The second-order valence-electron chi connectivity index (χ2n) is 6.04. The number of benzene rings is 1. The summed E-state index contributed by atoms with van der Waals surface area (Å²) in [5.74, 6) is 0.359.